The fourth-order valence-corrected chi connectivity index (χ4v) is 0.986. The molecule has 0 saturated carbocycles. The van der Waals surface area contributed by atoms with E-state index in [1.54, 1.807) is 0 Å². The lowest BCUT2D eigenvalue weighted by Gasteiger charge is -2.01. The standard InChI is InChI=1S/C7H5ClF2N2O/c8-5-2-3(6(9)10)1-4(12-5)7(11)13/h1-2,6H,(H2,11,13). The van der Waals surface area contributed by atoms with Crippen LogP contribution in [0, 0.1) is 0 Å². The molecule has 0 fully saturated rings. The summed E-state index contributed by atoms with van der Waals surface area (Å²) in [7, 11) is 0. The van der Waals surface area contributed by atoms with Crippen molar-refractivity contribution in [2.75, 3.05) is 0 Å². The number of halogens is 3. The summed E-state index contributed by atoms with van der Waals surface area (Å²) in [5, 5.41) is -0.174. The molecule has 0 aliphatic heterocycles. The summed E-state index contributed by atoms with van der Waals surface area (Å²) in [6.07, 6.45) is -2.70. The van der Waals surface area contributed by atoms with Crippen molar-refractivity contribution in [2.24, 2.45) is 5.73 Å². The molecule has 1 heterocycles. The Labute approximate surface area is 77.5 Å². The van der Waals surface area contributed by atoms with Gasteiger partial charge in [0.15, 0.2) is 0 Å². The SMILES string of the molecule is NC(=O)c1cc(C(F)F)cc(Cl)n1. The van der Waals surface area contributed by atoms with Crippen molar-refractivity contribution < 1.29 is 13.6 Å². The van der Waals surface area contributed by atoms with Crippen LogP contribution in [0.25, 0.3) is 0 Å². The van der Waals surface area contributed by atoms with Crippen molar-refractivity contribution in [3.63, 3.8) is 0 Å². The van der Waals surface area contributed by atoms with Gasteiger partial charge in [-0.15, -0.1) is 0 Å². The Morgan fingerprint density at radius 1 is 1.54 bits per heavy atom. The Bertz CT molecular complexity index is 343. The summed E-state index contributed by atoms with van der Waals surface area (Å²) in [4.78, 5) is 14.1. The van der Waals surface area contributed by atoms with Crippen molar-refractivity contribution in [3.05, 3.63) is 28.5 Å². The fourth-order valence-electron chi connectivity index (χ4n) is 0.769. The van der Waals surface area contributed by atoms with Crippen LogP contribution in [0.3, 0.4) is 0 Å². The van der Waals surface area contributed by atoms with Gasteiger partial charge in [0, 0.05) is 5.56 Å². The molecule has 0 saturated heterocycles. The van der Waals surface area contributed by atoms with E-state index in [-0.39, 0.29) is 16.4 Å². The number of nitrogens with two attached hydrogens (primary N) is 1. The first-order valence-electron chi connectivity index (χ1n) is 3.26. The van der Waals surface area contributed by atoms with Crippen molar-refractivity contribution >= 4 is 17.5 Å². The molecule has 70 valence electrons. The quantitative estimate of drug-likeness (QED) is 0.750. The maximum Gasteiger partial charge on any atom is 0.267 e. The van der Waals surface area contributed by atoms with Gasteiger partial charge in [-0.25, -0.2) is 13.8 Å². The first kappa shape index (κ1) is 9.85. The minimum atomic E-state index is -2.70. The lowest BCUT2D eigenvalue weighted by Crippen LogP contribution is -2.13. The van der Waals surface area contributed by atoms with Crippen LogP contribution in [-0.2, 0) is 0 Å². The van der Waals surface area contributed by atoms with Gasteiger partial charge in [-0.1, -0.05) is 11.6 Å². The van der Waals surface area contributed by atoms with E-state index in [0.29, 0.717) is 0 Å². The number of primary amides is 1. The van der Waals surface area contributed by atoms with Crippen LogP contribution in [0.1, 0.15) is 22.5 Å². The highest BCUT2D eigenvalue weighted by atomic mass is 35.5. The van der Waals surface area contributed by atoms with Crippen LogP contribution in [0.2, 0.25) is 5.15 Å². The van der Waals surface area contributed by atoms with Crippen LogP contribution >= 0.6 is 11.6 Å². The summed E-state index contributed by atoms with van der Waals surface area (Å²) in [6, 6.07) is 1.90. The van der Waals surface area contributed by atoms with Crippen LogP contribution in [0.5, 0.6) is 0 Å². The molecule has 13 heavy (non-hydrogen) atoms. The van der Waals surface area contributed by atoms with Gasteiger partial charge in [0.2, 0.25) is 0 Å². The molecule has 3 nitrogen and oxygen atoms in total. The van der Waals surface area contributed by atoms with E-state index in [1.807, 2.05) is 0 Å². The largest absolute Gasteiger partial charge is 0.364 e. The molecule has 0 spiro atoms. The Morgan fingerprint density at radius 3 is 2.62 bits per heavy atom. The number of hydrogen-bond acceptors (Lipinski definition) is 2. The molecule has 0 atom stereocenters. The van der Waals surface area contributed by atoms with E-state index in [0.717, 1.165) is 12.1 Å². The second-order valence-electron chi connectivity index (χ2n) is 2.27. The molecule has 0 aliphatic rings. The highest BCUT2D eigenvalue weighted by Gasteiger charge is 2.12. The van der Waals surface area contributed by atoms with E-state index in [4.69, 9.17) is 17.3 Å². The number of alkyl halides is 2. The molecule has 1 rings (SSSR count). The second kappa shape index (κ2) is 3.66. The van der Waals surface area contributed by atoms with Gasteiger partial charge in [-0.3, -0.25) is 4.79 Å². The van der Waals surface area contributed by atoms with Gasteiger partial charge >= 0.3 is 0 Å². The molecule has 1 aromatic heterocycles. The van der Waals surface area contributed by atoms with Crippen molar-refractivity contribution in [1.82, 2.24) is 4.98 Å². The van der Waals surface area contributed by atoms with Crippen LogP contribution in [0.15, 0.2) is 12.1 Å². The summed E-state index contributed by atoms with van der Waals surface area (Å²) >= 11 is 5.39. The van der Waals surface area contributed by atoms with Gasteiger partial charge in [-0.2, -0.15) is 0 Å². The molecule has 0 radical (unpaired) electrons. The van der Waals surface area contributed by atoms with Crippen LogP contribution in [-0.4, -0.2) is 10.9 Å². The Morgan fingerprint density at radius 2 is 2.15 bits per heavy atom. The number of hydrogen-bond donors (Lipinski definition) is 1. The zero-order chi connectivity index (χ0) is 10.0. The summed E-state index contributed by atoms with van der Waals surface area (Å²) in [6.45, 7) is 0. The maximum absolute atomic E-state index is 12.2. The van der Waals surface area contributed by atoms with Gasteiger partial charge in [0.1, 0.15) is 10.8 Å². The Hall–Kier alpha value is -1.23. The lowest BCUT2D eigenvalue weighted by atomic mass is 10.2. The van der Waals surface area contributed by atoms with E-state index >= 15 is 0 Å². The number of pyridine rings is 1. The topological polar surface area (TPSA) is 56.0 Å². The minimum absolute atomic E-state index is 0.174. The first-order chi connectivity index (χ1) is 6.00. The zero-order valence-corrected chi connectivity index (χ0v) is 7.05. The van der Waals surface area contributed by atoms with Gasteiger partial charge < -0.3 is 5.73 Å². The number of nitrogens with zero attached hydrogens (tertiary/aromatic N) is 1. The van der Waals surface area contributed by atoms with Crippen molar-refractivity contribution in [1.29, 1.82) is 0 Å². The molecule has 0 aliphatic carbocycles. The minimum Gasteiger partial charge on any atom is -0.364 e. The normalized spacial score (nSPS) is 10.5. The van der Waals surface area contributed by atoms with Gasteiger partial charge in [-0.05, 0) is 12.1 Å². The predicted molar refractivity (Wildman–Crippen MR) is 42.7 cm³/mol. The Balaban J connectivity index is 3.19. The number of aromatic nitrogens is 1. The maximum atomic E-state index is 12.2. The molecule has 1 aromatic rings. The van der Waals surface area contributed by atoms with E-state index < -0.39 is 12.3 Å². The Kier molecular flexibility index (Phi) is 2.77. The number of carbonyl (C=O) groups is 1. The molecule has 0 unspecified atom stereocenters. The van der Waals surface area contributed by atoms with E-state index in [1.165, 1.54) is 0 Å². The zero-order valence-electron chi connectivity index (χ0n) is 6.30. The second-order valence-corrected chi connectivity index (χ2v) is 2.66. The lowest BCUT2D eigenvalue weighted by molar-refractivity contribution is 0.0995. The third-order valence-corrected chi connectivity index (χ3v) is 1.51. The summed E-state index contributed by atoms with van der Waals surface area (Å²) < 4.78 is 24.3. The fraction of sp³-hybridized carbons (Fsp3) is 0.143. The van der Waals surface area contributed by atoms with Crippen LogP contribution in [0.4, 0.5) is 8.78 Å². The molecule has 0 bridgehead atoms. The molecular weight excluding hydrogens is 202 g/mol. The monoisotopic (exact) mass is 206 g/mol. The van der Waals surface area contributed by atoms with Crippen LogP contribution < -0.4 is 5.73 Å². The first-order valence-corrected chi connectivity index (χ1v) is 3.64. The predicted octanol–water partition coefficient (Wildman–Crippen LogP) is 1.77. The number of rotatable bonds is 2. The van der Waals surface area contributed by atoms with E-state index in [9.17, 15) is 13.6 Å². The van der Waals surface area contributed by atoms with Crippen molar-refractivity contribution in [2.45, 2.75) is 6.43 Å². The summed E-state index contributed by atoms with van der Waals surface area (Å²) in [5.74, 6) is -0.885. The third-order valence-electron chi connectivity index (χ3n) is 1.32. The van der Waals surface area contributed by atoms with Gasteiger partial charge in [0.05, 0.1) is 0 Å². The van der Waals surface area contributed by atoms with Gasteiger partial charge in [0.25, 0.3) is 12.3 Å². The highest BCUT2D eigenvalue weighted by Crippen LogP contribution is 2.21. The number of amides is 1. The molecule has 6 heteroatoms. The molecule has 0 aromatic carbocycles. The van der Waals surface area contributed by atoms with E-state index in [2.05, 4.69) is 4.98 Å². The highest BCUT2D eigenvalue weighted by molar-refractivity contribution is 6.29. The third kappa shape index (κ3) is 2.35. The van der Waals surface area contributed by atoms with Crippen molar-refractivity contribution in [3.8, 4) is 0 Å². The smallest absolute Gasteiger partial charge is 0.267 e. The molecule has 2 N–H and O–H groups in total. The molecule has 1 amide bonds. The average Bonchev–Trinajstić information content (AvgIpc) is 2.03. The average molecular weight is 207 g/mol. The number of carbonyl (C=O) groups excluding carboxylic acids is 1. The summed E-state index contributed by atoms with van der Waals surface area (Å²) in [5.41, 5.74) is 4.22. The molecular formula is C7H5ClF2N2O.